The second-order valence-electron chi connectivity index (χ2n) is 6.34. The van der Waals surface area contributed by atoms with E-state index in [-0.39, 0.29) is 5.88 Å². The van der Waals surface area contributed by atoms with Crippen molar-refractivity contribution in [2.45, 2.75) is 45.6 Å². The number of hydrogen-bond acceptors (Lipinski definition) is 3. The van der Waals surface area contributed by atoms with Gasteiger partial charge in [0.05, 0.1) is 5.52 Å². The minimum absolute atomic E-state index is 0.0203. The Morgan fingerprint density at radius 2 is 2.13 bits per heavy atom. The lowest BCUT2D eigenvalue weighted by molar-refractivity contribution is 0.309. The molecule has 0 unspecified atom stereocenters. The van der Waals surface area contributed by atoms with Crippen molar-refractivity contribution in [1.29, 1.82) is 0 Å². The minimum Gasteiger partial charge on any atom is -0.493 e. The van der Waals surface area contributed by atoms with Gasteiger partial charge in [-0.25, -0.2) is 0 Å². The Morgan fingerprint density at radius 1 is 1.35 bits per heavy atom. The molecule has 1 saturated carbocycles. The monoisotopic (exact) mass is 330 g/mol. The first kappa shape index (κ1) is 15.9. The van der Waals surface area contributed by atoms with Crippen molar-refractivity contribution in [3.63, 3.8) is 0 Å². The second-order valence-corrected chi connectivity index (χ2v) is 6.72. The predicted molar refractivity (Wildman–Crippen MR) is 96.4 cm³/mol. The summed E-state index contributed by atoms with van der Waals surface area (Å²) in [5.74, 6) is 0.618. The first-order valence-corrected chi connectivity index (χ1v) is 8.49. The number of aromatic amines is 1. The van der Waals surface area contributed by atoms with Crippen molar-refractivity contribution in [2.24, 2.45) is 16.1 Å². The van der Waals surface area contributed by atoms with Crippen LogP contribution in [0.3, 0.4) is 0 Å². The van der Waals surface area contributed by atoms with Gasteiger partial charge < -0.3 is 15.4 Å². The molecule has 2 atom stereocenters. The molecule has 3 rings (SSSR count). The van der Waals surface area contributed by atoms with Crippen molar-refractivity contribution in [3.05, 3.63) is 23.8 Å². The van der Waals surface area contributed by atoms with Crippen molar-refractivity contribution < 1.29 is 5.11 Å². The van der Waals surface area contributed by atoms with E-state index in [4.69, 9.17) is 12.2 Å². The number of rotatable bonds is 2. The number of fused-ring (bicyclic) bond motifs is 1. The highest BCUT2D eigenvalue weighted by molar-refractivity contribution is 7.80. The Labute approximate surface area is 141 Å². The van der Waals surface area contributed by atoms with Crippen LogP contribution >= 0.6 is 12.2 Å². The summed E-state index contributed by atoms with van der Waals surface area (Å²) in [6.45, 7) is 4.22. The summed E-state index contributed by atoms with van der Waals surface area (Å²) in [4.78, 5) is 2.95. The van der Waals surface area contributed by atoms with E-state index < -0.39 is 0 Å². The Kier molecular flexibility index (Phi) is 4.61. The van der Waals surface area contributed by atoms with Crippen molar-refractivity contribution in [2.75, 3.05) is 0 Å². The number of aryl methyl sites for hydroxylation is 1. The number of azo groups is 1. The Bertz CT molecular complexity index is 752. The number of para-hydroxylation sites is 1. The van der Waals surface area contributed by atoms with Crippen molar-refractivity contribution >= 4 is 33.9 Å². The van der Waals surface area contributed by atoms with Crippen LogP contribution in [0.4, 0.5) is 5.69 Å². The standard InChI is InChI=1S/C17H22N4OS/c1-10-6-3-4-9-13(10)18-17(23)21-20-15-12-8-5-7-11(2)14(12)19-16(15)22/h5,7-8,10,13,19,22H,3-4,6,9H2,1-2H3,(H,18,23)/t10-,13-/m1/s1. The van der Waals surface area contributed by atoms with E-state index in [1.165, 1.54) is 19.3 Å². The average molecular weight is 330 g/mol. The van der Waals surface area contributed by atoms with Gasteiger partial charge in [0.15, 0.2) is 5.69 Å². The van der Waals surface area contributed by atoms with Crippen LogP contribution in [0.15, 0.2) is 28.4 Å². The summed E-state index contributed by atoms with van der Waals surface area (Å²) < 4.78 is 0. The van der Waals surface area contributed by atoms with Crippen LogP contribution < -0.4 is 5.32 Å². The molecular formula is C17H22N4OS. The molecule has 1 aromatic heterocycles. The molecular weight excluding hydrogens is 308 g/mol. The van der Waals surface area contributed by atoms with E-state index in [0.717, 1.165) is 22.9 Å². The third kappa shape index (κ3) is 3.37. The third-order valence-corrected chi connectivity index (χ3v) is 4.86. The van der Waals surface area contributed by atoms with Gasteiger partial charge in [-0.2, -0.15) is 0 Å². The van der Waals surface area contributed by atoms with Crippen LogP contribution in [-0.4, -0.2) is 21.2 Å². The lowest BCUT2D eigenvalue weighted by atomic mass is 9.86. The maximum atomic E-state index is 10.1. The van der Waals surface area contributed by atoms with Crippen LogP contribution in [0.1, 0.15) is 38.2 Å². The quantitative estimate of drug-likeness (QED) is 0.551. The molecule has 0 saturated heterocycles. The molecule has 0 aliphatic heterocycles. The highest BCUT2D eigenvalue weighted by atomic mass is 32.1. The van der Waals surface area contributed by atoms with Gasteiger partial charge in [0.1, 0.15) is 0 Å². The van der Waals surface area contributed by atoms with E-state index in [0.29, 0.717) is 22.8 Å². The molecule has 5 nitrogen and oxygen atoms in total. The number of aromatic nitrogens is 1. The molecule has 23 heavy (non-hydrogen) atoms. The maximum Gasteiger partial charge on any atom is 0.218 e. The van der Waals surface area contributed by atoms with Gasteiger partial charge in [0.25, 0.3) is 0 Å². The number of thiocarbonyl (C=S) groups is 1. The zero-order valence-electron chi connectivity index (χ0n) is 13.5. The number of nitrogens with zero attached hydrogens (tertiary/aromatic N) is 2. The summed E-state index contributed by atoms with van der Waals surface area (Å²) in [6.07, 6.45) is 4.86. The maximum absolute atomic E-state index is 10.1. The molecule has 1 aliphatic carbocycles. The number of benzene rings is 1. The van der Waals surface area contributed by atoms with Gasteiger partial charge in [-0.05, 0) is 43.5 Å². The lowest BCUT2D eigenvalue weighted by Gasteiger charge is -2.29. The van der Waals surface area contributed by atoms with Crippen LogP contribution in [-0.2, 0) is 0 Å². The second kappa shape index (κ2) is 6.66. The first-order valence-electron chi connectivity index (χ1n) is 8.08. The normalized spacial score (nSPS) is 21.8. The molecule has 1 aromatic carbocycles. The van der Waals surface area contributed by atoms with Crippen molar-refractivity contribution in [1.82, 2.24) is 10.3 Å². The molecule has 0 radical (unpaired) electrons. The van der Waals surface area contributed by atoms with E-state index in [1.54, 1.807) is 0 Å². The fraction of sp³-hybridized carbons (Fsp3) is 0.471. The summed E-state index contributed by atoms with van der Waals surface area (Å²) in [5.41, 5.74) is 2.36. The highest BCUT2D eigenvalue weighted by Crippen LogP contribution is 2.36. The fourth-order valence-electron chi connectivity index (χ4n) is 3.25. The van der Waals surface area contributed by atoms with Gasteiger partial charge >= 0.3 is 0 Å². The molecule has 1 aliphatic rings. The lowest BCUT2D eigenvalue weighted by Crippen LogP contribution is -2.39. The van der Waals surface area contributed by atoms with Gasteiger partial charge in [0, 0.05) is 11.4 Å². The Morgan fingerprint density at radius 3 is 2.91 bits per heavy atom. The van der Waals surface area contributed by atoms with E-state index >= 15 is 0 Å². The van der Waals surface area contributed by atoms with Crippen LogP contribution in [0.5, 0.6) is 5.88 Å². The van der Waals surface area contributed by atoms with Crippen molar-refractivity contribution in [3.8, 4) is 5.88 Å². The predicted octanol–water partition coefficient (Wildman–Crippen LogP) is 4.72. The molecule has 1 heterocycles. The molecule has 6 heteroatoms. The highest BCUT2D eigenvalue weighted by Gasteiger charge is 2.21. The molecule has 3 N–H and O–H groups in total. The van der Waals surface area contributed by atoms with Gasteiger partial charge in [0.2, 0.25) is 11.0 Å². The number of nitrogens with one attached hydrogen (secondary N) is 2. The Hall–Kier alpha value is -1.95. The van der Waals surface area contributed by atoms with Gasteiger partial charge in [-0.1, -0.05) is 38.0 Å². The molecule has 0 bridgehead atoms. The van der Waals surface area contributed by atoms with Crippen LogP contribution in [0.2, 0.25) is 0 Å². The third-order valence-electron chi connectivity index (χ3n) is 4.66. The summed E-state index contributed by atoms with van der Waals surface area (Å²) in [6, 6.07) is 6.20. The molecule has 0 amide bonds. The summed E-state index contributed by atoms with van der Waals surface area (Å²) >= 11 is 5.29. The molecule has 0 spiro atoms. The van der Waals surface area contributed by atoms with E-state index in [2.05, 4.69) is 27.5 Å². The Balaban J connectivity index is 1.76. The minimum atomic E-state index is 0.0203. The number of hydrogen-bond donors (Lipinski definition) is 3. The number of H-pyrrole nitrogens is 1. The van der Waals surface area contributed by atoms with Gasteiger partial charge in [-0.15, -0.1) is 10.2 Å². The van der Waals surface area contributed by atoms with E-state index in [9.17, 15) is 5.11 Å². The van der Waals surface area contributed by atoms with Crippen LogP contribution in [0, 0.1) is 12.8 Å². The average Bonchev–Trinajstić information content (AvgIpc) is 2.85. The fourth-order valence-corrected chi connectivity index (χ4v) is 3.44. The zero-order valence-corrected chi connectivity index (χ0v) is 14.3. The smallest absolute Gasteiger partial charge is 0.218 e. The topological polar surface area (TPSA) is 72.8 Å². The molecule has 1 fully saturated rings. The zero-order chi connectivity index (χ0) is 16.4. The summed E-state index contributed by atoms with van der Waals surface area (Å²) in [7, 11) is 0. The van der Waals surface area contributed by atoms with E-state index in [1.807, 2.05) is 25.1 Å². The largest absolute Gasteiger partial charge is 0.493 e. The molecule has 122 valence electrons. The molecule has 2 aromatic rings. The van der Waals surface area contributed by atoms with Crippen LogP contribution in [0.25, 0.3) is 10.9 Å². The SMILES string of the molecule is Cc1cccc2c(N=NC(=S)N[C@@H]3CCCC[C@H]3C)c(O)[nH]c12. The van der Waals surface area contributed by atoms with Gasteiger partial charge in [-0.3, -0.25) is 0 Å². The first-order chi connectivity index (χ1) is 11.1. The number of aromatic hydroxyl groups is 1. The summed E-state index contributed by atoms with van der Waals surface area (Å²) in [5, 5.41) is 22.8.